The third-order valence-corrected chi connectivity index (χ3v) is 7.62. The Morgan fingerprint density at radius 3 is 2.75 bits per heavy atom. The minimum absolute atomic E-state index is 0.0679. The van der Waals surface area contributed by atoms with Crippen molar-refractivity contribution in [3.8, 4) is 0 Å². The van der Waals surface area contributed by atoms with Crippen LogP contribution in [0.3, 0.4) is 0 Å². The third kappa shape index (κ3) is 4.16. The zero-order valence-electron chi connectivity index (χ0n) is 16.8. The summed E-state index contributed by atoms with van der Waals surface area (Å²) in [7, 11) is 0. The van der Waals surface area contributed by atoms with Crippen molar-refractivity contribution >= 4 is 55.1 Å². The number of thioether (sulfide) groups is 1. The molecule has 0 aliphatic carbocycles. The van der Waals surface area contributed by atoms with Crippen molar-refractivity contribution in [1.82, 2.24) is 14.5 Å². The molecule has 4 nitrogen and oxygen atoms in total. The molecule has 0 saturated carbocycles. The number of halogens is 2. The summed E-state index contributed by atoms with van der Waals surface area (Å²) >= 11 is 9.01. The maximum atomic E-state index is 13.5. The number of rotatable bonds is 6. The molecule has 160 valence electrons. The highest BCUT2D eigenvalue weighted by Crippen LogP contribution is 2.32. The molecule has 0 amide bonds. The normalized spacial score (nSPS) is 11.4. The van der Waals surface area contributed by atoms with Crippen molar-refractivity contribution in [1.29, 1.82) is 0 Å². The first kappa shape index (κ1) is 21.1. The van der Waals surface area contributed by atoms with Gasteiger partial charge in [0.1, 0.15) is 15.3 Å². The van der Waals surface area contributed by atoms with Gasteiger partial charge in [-0.25, -0.2) is 14.4 Å². The Kier molecular flexibility index (Phi) is 5.95. The molecule has 0 spiro atoms. The Labute approximate surface area is 196 Å². The number of thiophene rings is 1. The van der Waals surface area contributed by atoms with E-state index in [4.69, 9.17) is 16.6 Å². The Morgan fingerprint density at radius 1 is 1.09 bits per heavy atom. The highest BCUT2D eigenvalue weighted by molar-refractivity contribution is 7.98. The Morgan fingerprint density at radius 2 is 1.94 bits per heavy atom. The molecule has 0 unspecified atom stereocenters. The number of hydrogen-bond acceptors (Lipinski definition) is 5. The summed E-state index contributed by atoms with van der Waals surface area (Å²) in [6.45, 7) is 0.507. The lowest BCUT2D eigenvalue weighted by molar-refractivity contribution is 0.596. The van der Waals surface area contributed by atoms with Crippen LogP contribution in [0.1, 0.15) is 11.1 Å². The molecule has 0 fully saturated rings. The van der Waals surface area contributed by atoms with E-state index < -0.39 is 0 Å². The number of benzene rings is 2. The minimum Gasteiger partial charge on any atom is -0.286 e. The molecular formula is C24H17ClFN3OS2. The second-order valence-electron chi connectivity index (χ2n) is 7.25. The summed E-state index contributed by atoms with van der Waals surface area (Å²) < 4.78 is 15.8. The number of nitrogens with zero attached hydrogens (tertiary/aromatic N) is 3. The topological polar surface area (TPSA) is 47.8 Å². The molecule has 2 aromatic carbocycles. The fraction of sp³-hybridized carbons (Fsp3) is 0.125. The molecule has 3 heterocycles. The summed E-state index contributed by atoms with van der Waals surface area (Å²) in [6.07, 6.45) is 2.43. The summed E-state index contributed by atoms with van der Waals surface area (Å²) in [6, 6.07) is 18.2. The van der Waals surface area contributed by atoms with Crippen LogP contribution in [0, 0.1) is 5.82 Å². The van der Waals surface area contributed by atoms with Crippen LogP contribution in [0.25, 0.3) is 20.4 Å². The predicted molar refractivity (Wildman–Crippen MR) is 130 cm³/mol. The molecule has 0 saturated heterocycles. The summed E-state index contributed by atoms with van der Waals surface area (Å²) in [4.78, 5) is 23.6. The number of fused-ring (bicyclic) bond motifs is 3. The number of hydrogen-bond donors (Lipinski definition) is 0. The van der Waals surface area contributed by atoms with Crippen LogP contribution in [0.4, 0.5) is 4.39 Å². The molecule has 5 aromatic rings. The van der Waals surface area contributed by atoms with Gasteiger partial charge in [-0.2, -0.15) is 0 Å². The molecule has 0 bridgehead atoms. The highest BCUT2D eigenvalue weighted by Gasteiger charge is 2.17. The molecule has 0 radical (unpaired) electrons. The third-order valence-electron chi connectivity index (χ3n) is 5.16. The van der Waals surface area contributed by atoms with E-state index in [1.165, 1.54) is 35.2 Å². The van der Waals surface area contributed by atoms with Gasteiger partial charge in [0.15, 0.2) is 5.16 Å². The lowest BCUT2D eigenvalue weighted by atomic mass is 10.1. The van der Waals surface area contributed by atoms with Crippen LogP contribution < -0.4 is 5.56 Å². The molecule has 0 aliphatic rings. The van der Waals surface area contributed by atoms with E-state index in [2.05, 4.69) is 4.98 Å². The van der Waals surface area contributed by atoms with Crippen molar-refractivity contribution in [2.24, 2.45) is 0 Å². The molecule has 32 heavy (non-hydrogen) atoms. The summed E-state index contributed by atoms with van der Waals surface area (Å²) in [5, 5.41) is 1.85. The van der Waals surface area contributed by atoms with Crippen molar-refractivity contribution < 1.29 is 4.39 Å². The highest BCUT2D eigenvalue weighted by atomic mass is 35.5. The molecule has 0 aliphatic heterocycles. The van der Waals surface area contributed by atoms with E-state index in [0.29, 0.717) is 39.1 Å². The maximum Gasteiger partial charge on any atom is 0.272 e. The second-order valence-corrected chi connectivity index (χ2v) is 9.60. The van der Waals surface area contributed by atoms with E-state index in [0.717, 1.165) is 21.3 Å². The predicted octanol–water partition coefficient (Wildman–Crippen LogP) is 6.33. The van der Waals surface area contributed by atoms with Crippen molar-refractivity contribution in [3.63, 3.8) is 0 Å². The number of aromatic nitrogens is 3. The van der Waals surface area contributed by atoms with Crippen LogP contribution in [0.5, 0.6) is 0 Å². The van der Waals surface area contributed by atoms with Crippen molar-refractivity contribution in [2.75, 3.05) is 0 Å². The first-order valence-corrected chi connectivity index (χ1v) is 12.2. The van der Waals surface area contributed by atoms with Crippen molar-refractivity contribution in [2.45, 2.75) is 23.9 Å². The van der Waals surface area contributed by atoms with E-state index >= 15 is 0 Å². The minimum atomic E-state index is -0.375. The lowest BCUT2D eigenvalue weighted by Gasteiger charge is -2.13. The summed E-state index contributed by atoms with van der Waals surface area (Å²) in [5.74, 6) is 0.100. The van der Waals surface area contributed by atoms with Gasteiger partial charge in [0.25, 0.3) is 5.56 Å². The zero-order valence-corrected chi connectivity index (χ0v) is 19.2. The van der Waals surface area contributed by atoms with Gasteiger partial charge < -0.3 is 0 Å². The first-order chi connectivity index (χ1) is 15.6. The Balaban J connectivity index is 1.57. The van der Waals surface area contributed by atoms with Crippen LogP contribution >= 0.6 is 34.7 Å². The SMILES string of the molecule is O=c1c2sc3ncccc3c2nc(SCc2ccc(F)cc2Cl)n1CCc1ccccc1. The fourth-order valence-electron chi connectivity index (χ4n) is 3.52. The smallest absolute Gasteiger partial charge is 0.272 e. The zero-order chi connectivity index (χ0) is 22.1. The van der Waals surface area contributed by atoms with Gasteiger partial charge in [-0.05, 0) is 41.8 Å². The standard InChI is InChI=1S/C24H17ClFN3OS2/c25-19-13-17(26)9-8-16(19)14-31-24-28-20-18-7-4-11-27-22(18)32-21(20)23(30)29(24)12-10-15-5-2-1-3-6-15/h1-9,11,13H,10,12,14H2. The van der Waals surface area contributed by atoms with Gasteiger partial charge in [-0.3, -0.25) is 9.36 Å². The van der Waals surface area contributed by atoms with Gasteiger partial charge in [0.05, 0.1) is 5.52 Å². The Hall–Kier alpha value is -2.74. The van der Waals surface area contributed by atoms with Gasteiger partial charge in [0, 0.05) is 28.9 Å². The van der Waals surface area contributed by atoms with Gasteiger partial charge >= 0.3 is 0 Å². The van der Waals surface area contributed by atoms with Crippen LogP contribution in [-0.4, -0.2) is 14.5 Å². The molecular weight excluding hydrogens is 465 g/mol. The number of aryl methyl sites for hydroxylation is 1. The monoisotopic (exact) mass is 481 g/mol. The molecule has 8 heteroatoms. The average Bonchev–Trinajstić information content (AvgIpc) is 3.18. The van der Waals surface area contributed by atoms with E-state index in [1.54, 1.807) is 16.8 Å². The van der Waals surface area contributed by atoms with Crippen LogP contribution in [0.2, 0.25) is 5.02 Å². The maximum absolute atomic E-state index is 13.5. The van der Waals surface area contributed by atoms with E-state index in [-0.39, 0.29) is 11.4 Å². The van der Waals surface area contributed by atoms with Gasteiger partial charge in [0.2, 0.25) is 0 Å². The fourth-order valence-corrected chi connectivity index (χ4v) is 5.88. The lowest BCUT2D eigenvalue weighted by Crippen LogP contribution is -2.23. The van der Waals surface area contributed by atoms with Crippen LogP contribution in [0.15, 0.2) is 76.8 Å². The average molecular weight is 482 g/mol. The molecule has 3 aromatic heterocycles. The molecule has 0 atom stereocenters. The van der Waals surface area contributed by atoms with E-state index in [9.17, 15) is 9.18 Å². The van der Waals surface area contributed by atoms with E-state index in [1.807, 2.05) is 42.5 Å². The summed E-state index contributed by atoms with van der Waals surface area (Å²) in [5.41, 5.74) is 2.54. The van der Waals surface area contributed by atoms with Gasteiger partial charge in [-0.1, -0.05) is 59.8 Å². The quantitative estimate of drug-likeness (QED) is 0.210. The van der Waals surface area contributed by atoms with Crippen molar-refractivity contribution in [3.05, 3.63) is 99.2 Å². The second kappa shape index (κ2) is 9.02. The van der Waals surface area contributed by atoms with Crippen LogP contribution in [-0.2, 0) is 18.7 Å². The first-order valence-electron chi connectivity index (χ1n) is 9.99. The van der Waals surface area contributed by atoms with Gasteiger partial charge in [-0.15, -0.1) is 11.3 Å². The molecule has 5 rings (SSSR count). The number of pyridine rings is 1. The molecule has 0 N–H and O–H groups in total. The Bertz CT molecular complexity index is 1480. The largest absolute Gasteiger partial charge is 0.286 e.